The van der Waals surface area contributed by atoms with Crippen molar-refractivity contribution in [2.75, 3.05) is 5.75 Å². The lowest BCUT2D eigenvalue weighted by Gasteiger charge is -1.97. The molecule has 0 radical (unpaired) electrons. The third-order valence-corrected chi connectivity index (χ3v) is 4.57. The number of H-pyrrole nitrogens is 1. The lowest BCUT2D eigenvalue weighted by molar-refractivity contribution is -0.115. The van der Waals surface area contributed by atoms with Gasteiger partial charge in [-0.1, -0.05) is 34.1 Å². The van der Waals surface area contributed by atoms with Gasteiger partial charge in [-0.05, 0) is 30.3 Å². The minimum atomic E-state index is -0.359. The highest BCUT2D eigenvalue weighted by molar-refractivity contribution is 9.10. The highest BCUT2D eigenvalue weighted by atomic mass is 79.9. The quantitative estimate of drug-likeness (QED) is 0.484. The summed E-state index contributed by atoms with van der Waals surface area (Å²) >= 11 is 4.76. The van der Waals surface area contributed by atoms with Crippen LogP contribution >= 0.6 is 27.7 Å². The normalized spacial score (nSPS) is 11.3. The highest BCUT2D eigenvalue weighted by Crippen LogP contribution is 2.36. The zero-order valence-electron chi connectivity index (χ0n) is 11.9. The largest absolute Gasteiger partial charge is 0.493 e. The van der Waals surface area contributed by atoms with Crippen molar-refractivity contribution in [1.29, 1.82) is 0 Å². The van der Waals surface area contributed by atoms with E-state index in [1.54, 1.807) is 0 Å². The molecule has 0 spiro atoms. The zero-order valence-corrected chi connectivity index (χ0v) is 14.3. The number of hydrogen-bond donors (Lipinski definition) is 2. The van der Waals surface area contributed by atoms with Gasteiger partial charge in [0.05, 0.1) is 11.3 Å². The average Bonchev–Trinajstić information content (AvgIpc) is 2.86. The molecule has 2 N–H and O–H groups in total. The lowest BCUT2D eigenvalue weighted by Crippen LogP contribution is -1.95. The predicted molar refractivity (Wildman–Crippen MR) is 94.4 cm³/mol. The van der Waals surface area contributed by atoms with Crippen molar-refractivity contribution in [3.63, 3.8) is 0 Å². The molecule has 1 amide bonds. The Labute approximate surface area is 145 Å². The molecule has 23 heavy (non-hydrogen) atoms. The predicted octanol–water partition coefficient (Wildman–Crippen LogP) is 5.04. The molecule has 3 aromatic rings. The molecule has 0 saturated carbocycles. The Kier molecular flexibility index (Phi) is 4.78. The van der Waals surface area contributed by atoms with Crippen LogP contribution in [0.3, 0.4) is 0 Å². The maximum Gasteiger partial charge on any atom is 0.274 e. The first-order chi connectivity index (χ1) is 11.1. The van der Waals surface area contributed by atoms with E-state index in [4.69, 9.17) is 0 Å². The number of fused-ring (bicyclic) bond motifs is 1. The van der Waals surface area contributed by atoms with Crippen molar-refractivity contribution < 1.29 is 9.90 Å². The van der Waals surface area contributed by atoms with Gasteiger partial charge < -0.3 is 10.1 Å². The van der Waals surface area contributed by atoms with Crippen LogP contribution < -0.4 is 0 Å². The van der Waals surface area contributed by atoms with Crippen LogP contribution in [0.5, 0.6) is 5.88 Å². The Balaban J connectivity index is 1.73. The van der Waals surface area contributed by atoms with Gasteiger partial charge in [-0.25, -0.2) is 0 Å². The maximum absolute atomic E-state index is 11.8. The number of aromatic nitrogens is 1. The van der Waals surface area contributed by atoms with Crippen LogP contribution in [0, 0.1) is 0 Å². The second-order valence-corrected chi connectivity index (χ2v) is 6.67. The van der Waals surface area contributed by atoms with Crippen LogP contribution in [0.1, 0.15) is 0 Å². The third-order valence-electron chi connectivity index (χ3n) is 3.08. The van der Waals surface area contributed by atoms with Crippen molar-refractivity contribution >= 4 is 50.2 Å². The summed E-state index contributed by atoms with van der Waals surface area (Å²) in [7, 11) is 0. The summed E-state index contributed by atoms with van der Waals surface area (Å²) in [6.07, 6.45) is 0. The Morgan fingerprint density at radius 1 is 1.22 bits per heavy atom. The van der Waals surface area contributed by atoms with Gasteiger partial charge in [0.2, 0.25) is 5.88 Å². The molecule has 116 valence electrons. The fraction of sp³-hybridized carbons (Fsp3) is 0.0625. The Hall–Kier alpha value is -2.12. The number of halogens is 1. The summed E-state index contributed by atoms with van der Waals surface area (Å²) in [6, 6.07) is 15.1. The van der Waals surface area contributed by atoms with E-state index in [1.807, 2.05) is 48.5 Å². The fourth-order valence-electron chi connectivity index (χ4n) is 2.03. The van der Waals surface area contributed by atoms with Crippen LogP contribution in [0.4, 0.5) is 5.69 Å². The van der Waals surface area contributed by atoms with Crippen molar-refractivity contribution in [2.24, 2.45) is 10.2 Å². The number of azo groups is 1. The Morgan fingerprint density at radius 3 is 2.78 bits per heavy atom. The Bertz CT molecular complexity index is 878. The number of hydrogen-bond acceptors (Lipinski definition) is 4. The summed E-state index contributed by atoms with van der Waals surface area (Å²) in [6.45, 7) is 0. The van der Waals surface area contributed by atoms with Gasteiger partial charge in [0, 0.05) is 14.8 Å². The number of nitrogens with one attached hydrogen (secondary N) is 1. The molecule has 0 aliphatic carbocycles. The molecule has 0 fully saturated rings. The van der Waals surface area contributed by atoms with E-state index in [-0.39, 0.29) is 23.2 Å². The smallest absolute Gasteiger partial charge is 0.274 e. The van der Waals surface area contributed by atoms with Gasteiger partial charge in [0.25, 0.3) is 5.91 Å². The van der Waals surface area contributed by atoms with Gasteiger partial charge in [-0.3, -0.25) is 4.79 Å². The van der Waals surface area contributed by atoms with Crippen molar-refractivity contribution in [3.05, 3.63) is 53.0 Å². The molecule has 1 aromatic heterocycles. The van der Waals surface area contributed by atoms with Gasteiger partial charge in [0.15, 0.2) is 5.69 Å². The van der Waals surface area contributed by atoms with Gasteiger partial charge >= 0.3 is 0 Å². The van der Waals surface area contributed by atoms with E-state index < -0.39 is 0 Å². The average molecular weight is 390 g/mol. The summed E-state index contributed by atoms with van der Waals surface area (Å²) in [5, 5.41) is 18.2. The second kappa shape index (κ2) is 6.97. The van der Waals surface area contributed by atoms with Crippen LogP contribution in [0.25, 0.3) is 10.9 Å². The molecule has 0 atom stereocenters. The molecular weight excluding hydrogens is 378 g/mol. The number of aromatic hydroxyl groups is 1. The molecule has 5 nitrogen and oxygen atoms in total. The monoisotopic (exact) mass is 389 g/mol. The Morgan fingerprint density at radius 2 is 2.00 bits per heavy atom. The maximum atomic E-state index is 11.8. The van der Waals surface area contributed by atoms with E-state index in [1.165, 1.54) is 11.8 Å². The molecule has 0 aliphatic rings. The number of carbonyl (C=O) groups excluding carboxylic acids is 1. The first-order valence-electron chi connectivity index (χ1n) is 6.76. The molecule has 0 unspecified atom stereocenters. The van der Waals surface area contributed by atoms with Crippen molar-refractivity contribution in [2.45, 2.75) is 4.90 Å². The lowest BCUT2D eigenvalue weighted by atomic mass is 10.2. The third kappa shape index (κ3) is 3.80. The summed E-state index contributed by atoms with van der Waals surface area (Å²) in [5.41, 5.74) is 0.991. The highest BCUT2D eigenvalue weighted by Gasteiger charge is 2.11. The van der Waals surface area contributed by atoms with E-state index in [2.05, 4.69) is 31.1 Å². The number of nitrogens with zero attached hydrogens (tertiary/aromatic N) is 2. The molecule has 3 rings (SSSR count). The molecule has 0 saturated heterocycles. The van der Waals surface area contributed by atoms with Crippen LogP contribution in [-0.4, -0.2) is 21.8 Å². The van der Waals surface area contributed by atoms with Crippen molar-refractivity contribution in [3.8, 4) is 5.88 Å². The number of thioether (sulfide) groups is 1. The van der Waals surface area contributed by atoms with E-state index >= 15 is 0 Å². The minimum Gasteiger partial charge on any atom is -0.493 e. The van der Waals surface area contributed by atoms with Crippen LogP contribution in [-0.2, 0) is 4.79 Å². The number of amides is 1. The molecule has 0 bridgehead atoms. The van der Waals surface area contributed by atoms with Gasteiger partial charge in [-0.15, -0.1) is 22.0 Å². The molecule has 1 heterocycles. The van der Waals surface area contributed by atoms with Crippen LogP contribution in [0.15, 0.2) is 68.1 Å². The molecule has 0 aliphatic heterocycles. The zero-order chi connectivity index (χ0) is 16.2. The molecular formula is C16H12BrN3O2S. The minimum absolute atomic E-state index is 0.106. The summed E-state index contributed by atoms with van der Waals surface area (Å²) in [5.74, 6) is -0.270. The first kappa shape index (κ1) is 15.8. The standard InChI is InChI=1S/C16H12BrN3O2S/c17-10-6-7-13-12(8-10)15(16(22)18-13)20-19-14(21)9-23-11-4-2-1-3-5-11/h1-8,18,22H,9H2. The van der Waals surface area contributed by atoms with Gasteiger partial charge in [0.1, 0.15) is 0 Å². The second-order valence-electron chi connectivity index (χ2n) is 4.71. The fourth-order valence-corrected chi connectivity index (χ4v) is 3.09. The van der Waals surface area contributed by atoms with Gasteiger partial charge in [-0.2, -0.15) is 0 Å². The number of aromatic amines is 1. The SMILES string of the molecule is O=C(CSc1ccccc1)N=Nc1c(O)[nH]c2ccc(Br)cc12. The van der Waals surface area contributed by atoms with E-state index in [9.17, 15) is 9.90 Å². The van der Waals surface area contributed by atoms with Crippen LogP contribution in [0.2, 0.25) is 0 Å². The number of benzene rings is 2. The number of rotatable bonds is 4. The summed E-state index contributed by atoms with van der Waals surface area (Å²) in [4.78, 5) is 15.6. The number of carbonyl (C=O) groups is 1. The first-order valence-corrected chi connectivity index (χ1v) is 8.54. The summed E-state index contributed by atoms with van der Waals surface area (Å²) < 4.78 is 0.853. The molecule has 7 heteroatoms. The van der Waals surface area contributed by atoms with E-state index in [0.29, 0.717) is 5.39 Å². The topological polar surface area (TPSA) is 77.8 Å². The van der Waals surface area contributed by atoms with E-state index in [0.717, 1.165) is 14.9 Å². The molecule has 2 aromatic carbocycles. The van der Waals surface area contributed by atoms with Crippen molar-refractivity contribution in [1.82, 2.24) is 4.98 Å².